The van der Waals surface area contributed by atoms with E-state index >= 15 is 0 Å². The van der Waals surface area contributed by atoms with Crippen molar-refractivity contribution in [3.05, 3.63) is 70.8 Å². The van der Waals surface area contributed by atoms with Gasteiger partial charge in [0.05, 0.1) is 6.10 Å². The molecule has 0 aliphatic heterocycles. The summed E-state index contributed by atoms with van der Waals surface area (Å²) in [5.41, 5.74) is 10.8. The van der Waals surface area contributed by atoms with Crippen LogP contribution >= 0.6 is 0 Å². The monoisotopic (exact) mass is 281 g/mol. The Bertz CT molecular complexity index is 620. The third-order valence-electron chi connectivity index (χ3n) is 4.93. The topological polar surface area (TPSA) is 46.2 Å². The summed E-state index contributed by atoms with van der Waals surface area (Å²) in [6, 6.07) is 16.7. The predicted molar refractivity (Wildman–Crippen MR) is 86.1 cm³/mol. The number of nitrogens with two attached hydrogens (primary N) is 1. The van der Waals surface area contributed by atoms with E-state index in [1.165, 1.54) is 16.7 Å². The second-order valence-corrected chi connectivity index (χ2v) is 6.33. The zero-order valence-corrected chi connectivity index (χ0v) is 12.5. The highest BCUT2D eigenvalue weighted by Gasteiger charge is 2.40. The molecular formula is C19H23NO. The van der Waals surface area contributed by atoms with Crippen molar-refractivity contribution < 1.29 is 5.11 Å². The summed E-state index contributed by atoms with van der Waals surface area (Å²) >= 11 is 0. The van der Waals surface area contributed by atoms with Gasteiger partial charge in [-0.15, -0.1) is 0 Å². The Hall–Kier alpha value is -1.64. The summed E-state index contributed by atoms with van der Waals surface area (Å²) in [6.07, 6.45) is 2.29. The van der Waals surface area contributed by atoms with Gasteiger partial charge >= 0.3 is 0 Å². The van der Waals surface area contributed by atoms with Crippen LogP contribution in [0.25, 0.3) is 0 Å². The van der Waals surface area contributed by atoms with Crippen molar-refractivity contribution >= 4 is 0 Å². The Morgan fingerprint density at radius 2 is 1.76 bits per heavy atom. The maximum absolute atomic E-state index is 10.9. The Morgan fingerprint density at radius 3 is 2.43 bits per heavy atom. The van der Waals surface area contributed by atoms with E-state index in [1.54, 1.807) is 0 Å². The van der Waals surface area contributed by atoms with Crippen molar-refractivity contribution in [3.63, 3.8) is 0 Å². The molecule has 0 spiro atoms. The largest absolute Gasteiger partial charge is 0.388 e. The zero-order valence-electron chi connectivity index (χ0n) is 12.5. The minimum Gasteiger partial charge on any atom is -0.388 e. The molecule has 3 N–H and O–H groups in total. The number of fused-ring (bicyclic) bond motifs is 1. The summed E-state index contributed by atoms with van der Waals surface area (Å²) in [4.78, 5) is 0. The number of aliphatic hydroxyl groups excluding tert-OH is 1. The highest BCUT2D eigenvalue weighted by molar-refractivity contribution is 5.33. The standard InChI is InChI=1S/C19H23NO/c1-14-6-8-16(9-7-14)18(21)19(13-20)11-10-15-4-2-3-5-17(15)12-19/h2-9,18,21H,10-13,20H2,1H3. The Morgan fingerprint density at radius 1 is 1.10 bits per heavy atom. The fourth-order valence-corrected chi connectivity index (χ4v) is 3.45. The lowest BCUT2D eigenvalue weighted by atomic mass is 9.66. The van der Waals surface area contributed by atoms with Gasteiger partial charge in [0.2, 0.25) is 0 Å². The van der Waals surface area contributed by atoms with Crippen molar-refractivity contribution in [2.24, 2.45) is 11.1 Å². The van der Waals surface area contributed by atoms with Crippen LogP contribution in [0.1, 0.15) is 34.8 Å². The van der Waals surface area contributed by atoms with E-state index in [1.807, 2.05) is 12.1 Å². The maximum Gasteiger partial charge on any atom is 0.0861 e. The second kappa shape index (κ2) is 5.63. The smallest absolute Gasteiger partial charge is 0.0861 e. The SMILES string of the molecule is Cc1ccc(C(O)C2(CN)CCc3ccccc3C2)cc1. The van der Waals surface area contributed by atoms with E-state index in [2.05, 4.69) is 43.3 Å². The quantitative estimate of drug-likeness (QED) is 0.907. The summed E-state index contributed by atoms with van der Waals surface area (Å²) in [7, 11) is 0. The van der Waals surface area contributed by atoms with E-state index in [9.17, 15) is 5.11 Å². The van der Waals surface area contributed by atoms with Gasteiger partial charge in [-0.05, 0) is 42.9 Å². The summed E-state index contributed by atoms with van der Waals surface area (Å²) < 4.78 is 0. The molecule has 0 heterocycles. The fraction of sp³-hybridized carbons (Fsp3) is 0.368. The van der Waals surface area contributed by atoms with Crippen LogP contribution in [0.4, 0.5) is 0 Å². The first-order valence-corrected chi connectivity index (χ1v) is 7.66. The van der Waals surface area contributed by atoms with E-state index in [0.29, 0.717) is 6.54 Å². The molecule has 110 valence electrons. The van der Waals surface area contributed by atoms with Gasteiger partial charge < -0.3 is 10.8 Å². The molecule has 1 aliphatic rings. The first kappa shape index (κ1) is 14.3. The molecule has 2 nitrogen and oxygen atoms in total. The van der Waals surface area contributed by atoms with Crippen LogP contribution in [-0.2, 0) is 12.8 Å². The fourth-order valence-electron chi connectivity index (χ4n) is 3.45. The van der Waals surface area contributed by atoms with Crippen LogP contribution in [-0.4, -0.2) is 11.7 Å². The Kier molecular flexibility index (Phi) is 3.83. The lowest BCUT2D eigenvalue weighted by Gasteiger charge is -2.41. The highest BCUT2D eigenvalue weighted by atomic mass is 16.3. The van der Waals surface area contributed by atoms with Gasteiger partial charge in [0.25, 0.3) is 0 Å². The molecule has 0 saturated heterocycles. The predicted octanol–water partition coefficient (Wildman–Crippen LogP) is 3.16. The molecule has 0 bridgehead atoms. The molecular weight excluding hydrogens is 258 g/mol. The summed E-state index contributed by atoms with van der Waals surface area (Å²) in [5, 5.41) is 10.9. The number of hydrogen-bond acceptors (Lipinski definition) is 2. The summed E-state index contributed by atoms with van der Waals surface area (Å²) in [5.74, 6) is 0. The third-order valence-corrected chi connectivity index (χ3v) is 4.93. The number of hydrogen-bond donors (Lipinski definition) is 2. The Labute approximate surface area is 126 Å². The van der Waals surface area contributed by atoms with E-state index in [4.69, 9.17) is 5.73 Å². The van der Waals surface area contributed by atoms with Crippen molar-refractivity contribution in [1.82, 2.24) is 0 Å². The van der Waals surface area contributed by atoms with Crippen LogP contribution in [0, 0.1) is 12.3 Å². The van der Waals surface area contributed by atoms with Crippen molar-refractivity contribution in [1.29, 1.82) is 0 Å². The third kappa shape index (κ3) is 2.61. The van der Waals surface area contributed by atoms with Gasteiger partial charge in [-0.1, -0.05) is 54.1 Å². The molecule has 1 aliphatic carbocycles. The van der Waals surface area contributed by atoms with Gasteiger partial charge in [0.15, 0.2) is 0 Å². The van der Waals surface area contributed by atoms with Gasteiger partial charge in [-0.3, -0.25) is 0 Å². The molecule has 0 radical (unpaired) electrons. The van der Waals surface area contributed by atoms with Gasteiger partial charge in [-0.25, -0.2) is 0 Å². The maximum atomic E-state index is 10.9. The van der Waals surface area contributed by atoms with Crippen LogP contribution in [0.15, 0.2) is 48.5 Å². The van der Waals surface area contributed by atoms with Crippen LogP contribution < -0.4 is 5.73 Å². The number of rotatable bonds is 3. The molecule has 0 amide bonds. The molecule has 21 heavy (non-hydrogen) atoms. The average Bonchev–Trinajstić information content (AvgIpc) is 2.54. The van der Waals surface area contributed by atoms with Crippen LogP contribution in [0.3, 0.4) is 0 Å². The molecule has 2 aromatic rings. The van der Waals surface area contributed by atoms with Crippen molar-refractivity contribution in [2.75, 3.05) is 6.54 Å². The van der Waals surface area contributed by atoms with Crippen molar-refractivity contribution in [2.45, 2.75) is 32.3 Å². The average molecular weight is 281 g/mol. The first-order chi connectivity index (χ1) is 10.1. The van der Waals surface area contributed by atoms with Crippen molar-refractivity contribution in [3.8, 4) is 0 Å². The van der Waals surface area contributed by atoms with Gasteiger partial charge in [-0.2, -0.15) is 0 Å². The van der Waals surface area contributed by atoms with Gasteiger partial charge in [0, 0.05) is 12.0 Å². The minimum atomic E-state index is -0.503. The Balaban J connectivity index is 1.93. The molecule has 2 atom stereocenters. The lowest BCUT2D eigenvalue weighted by Crippen LogP contribution is -2.41. The lowest BCUT2D eigenvalue weighted by molar-refractivity contribution is 0.0177. The van der Waals surface area contributed by atoms with E-state index in [0.717, 1.165) is 24.8 Å². The van der Waals surface area contributed by atoms with Crippen LogP contribution in [0.5, 0.6) is 0 Å². The normalized spacial score (nSPS) is 22.6. The van der Waals surface area contributed by atoms with E-state index < -0.39 is 6.10 Å². The number of benzene rings is 2. The molecule has 0 aromatic heterocycles. The zero-order chi connectivity index (χ0) is 14.9. The molecule has 2 aromatic carbocycles. The molecule has 3 rings (SSSR count). The summed E-state index contributed by atoms with van der Waals surface area (Å²) in [6.45, 7) is 2.57. The molecule has 0 saturated carbocycles. The molecule has 2 unspecified atom stereocenters. The van der Waals surface area contributed by atoms with Gasteiger partial charge in [0.1, 0.15) is 0 Å². The van der Waals surface area contributed by atoms with Crippen LogP contribution in [0.2, 0.25) is 0 Å². The van der Waals surface area contributed by atoms with E-state index in [-0.39, 0.29) is 5.41 Å². The highest BCUT2D eigenvalue weighted by Crippen LogP contribution is 2.44. The first-order valence-electron chi connectivity index (χ1n) is 7.66. The minimum absolute atomic E-state index is 0.246. The number of aliphatic hydroxyl groups is 1. The molecule has 0 fully saturated rings. The second-order valence-electron chi connectivity index (χ2n) is 6.33. The number of aryl methyl sites for hydroxylation is 2. The molecule has 2 heteroatoms.